The normalized spacial score (nSPS) is 20.7. The fourth-order valence-electron chi connectivity index (χ4n) is 1.34. The molecule has 1 saturated carbocycles. The number of carbonyl (C=O) groups is 1. The molecule has 0 spiro atoms. The van der Waals surface area contributed by atoms with Crippen LogP contribution in [0.25, 0.3) is 0 Å². The molecular weight excluding hydrogens is 164 g/mol. The van der Waals surface area contributed by atoms with E-state index in [1.165, 1.54) is 0 Å². The van der Waals surface area contributed by atoms with Gasteiger partial charge in [0.1, 0.15) is 0 Å². The topological polar surface area (TPSA) is 55.1 Å². The highest BCUT2D eigenvalue weighted by molar-refractivity contribution is 5.84. The number of nitrogens with one attached hydrogen (secondary N) is 1. The molecule has 0 bridgehead atoms. The zero-order valence-electron chi connectivity index (χ0n) is 8.18. The van der Waals surface area contributed by atoms with Crippen molar-refractivity contribution in [3.63, 3.8) is 0 Å². The quantitative estimate of drug-likeness (QED) is 0.601. The molecule has 0 aromatic carbocycles. The average molecular weight is 182 g/mol. The van der Waals surface area contributed by atoms with Crippen molar-refractivity contribution in [1.82, 2.24) is 5.32 Å². The van der Waals surface area contributed by atoms with Crippen LogP contribution in [0.3, 0.4) is 0 Å². The van der Waals surface area contributed by atoms with Crippen LogP contribution in [0, 0.1) is 0 Å². The predicted molar refractivity (Wildman–Crippen MR) is 53.2 cm³/mol. The van der Waals surface area contributed by atoms with E-state index >= 15 is 0 Å². The SMILES string of the molecule is C=CCCC(C)(NC1CC1)C(N)=O. The maximum atomic E-state index is 11.2. The molecule has 1 atom stereocenters. The number of hydrogen-bond donors (Lipinski definition) is 2. The van der Waals surface area contributed by atoms with Crippen molar-refractivity contribution in [3.8, 4) is 0 Å². The molecule has 1 rings (SSSR count). The first-order chi connectivity index (χ1) is 6.08. The van der Waals surface area contributed by atoms with Gasteiger partial charge in [0.2, 0.25) is 5.91 Å². The van der Waals surface area contributed by atoms with Crippen LogP contribution >= 0.6 is 0 Å². The summed E-state index contributed by atoms with van der Waals surface area (Å²) < 4.78 is 0. The molecule has 0 aromatic rings. The molecule has 0 saturated heterocycles. The van der Waals surface area contributed by atoms with Crippen molar-refractivity contribution in [2.75, 3.05) is 0 Å². The number of nitrogens with two attached hydrogens (primary N) is 1. The second-order valence-electron chi connectivity index (χ2n) is 3.94. The van der Waals surface area contributed by atoms with Gasteiger partial charge in [-0.25, -0.2) is 0 Å². The Morgan fingerprint density at radius 2 is 2.38 bits per heavy atom. The Balaban J connectivity index is 2.49. The largest absolute Gasteiger partial charge is 0.368 e. The van der Waals surface area contributed by atoms with Gasteiger partial charge in [0, 0.05) is 6.04 Å². The van der Waals surface area contributed by atoms with Gasteiger partial charge in [-0.1, -0.05) is 6.08 Å². The van der Waals surface area contributed by atoms with E-state index in [1.54, 1.807) is 0 Å². The van der Waals surface area contributed by atoms with E-state index < -0.39 is 5.54 Å². The molecule has 1 amide bonds. The van der Waals surface area contributed by atoms with E-state index in [2.05, 4.69) is 11.9 Å². The lowest BCUT2D eigenvalue weighted by atomic mass is 9.95. The van der Waals surface area contributed by atoms with E-state index in [0.717, 1.165) is 25.7 Å². The molecule has 3 heteroatoms. The molecule has 0 aliphatic heterocycles. The minimum atomic E-state index is -0.546. The third-order valence-corrected chi connectivity index (χ3v) is 2.49. The summed E-state index contributed by atoms with van der Waals surface area (Å²) in [6.07, 6.45) is 5.70. The fourth-order valence-corrected chi connectivity index (χ4v) is 1.34. The molecular formula is C10H18N2O. The second kappa shape index (κ2) is 3.92. The van der Waals surface area contributed by atoms with Crippen molar-refractivity contribution in [2.45, 2.75) is 44.2 Å². The zero-order valence-corrected chi connectivity index (χ0v) is 8.18. The standard InChI is InChI=1S/C10H18N2O/c1-3-4-7-10(2,9(11)13)12-8-5-6-8/h3,8,12H,1,4-7H2,2H3,(H2,11,13). The van der Waals surface area contributed by atoms with E-state index in [-0.39, 0.29) is 5.91 Å². The molecule has 1 fully saturated rings. The van der Waals surface area contributed by atoms with Gasteiger partial charge in [-0.2, -0.15) is 0 Å². The van der Waals surface area contributed by atoms with Gasteiger partial charge < -0.3 is 11.1 Å². The van der Waals surface area contributed by atoms with Gasteiger partial charge in [0.15, 0.2) is 0 Å². The van der Waals surface area contributed by atoms with Crippen molar-refractivity contribution < 1.29 is 4.79 Å². The second-order valence-corrected chi connectivity index (χ2v) is 3.94. The summed E-state index contributed by atoms with van der Waals surface area (Å²) in [5.41, 5.74) is 4.81. The van der Waals surface area contributed by atoms with Crippen LogP contribution in [-0.4, -0.2) is 17.5 Å². The van der Waals surface area contributed by atoms with Gasteiger partial charge in [-0.15, -0.1) is 6.58 Å². The molecule has 1 unspecified atom stereocenters. The van der Waals surface area contributed by atoms with Gasteiger partial charge in [-0.3, -0.25) is 4.79 Å². The van der Waals surface area contributed by atoms with Crippen LogP contribution in [0.15, 0.2) is 12.7 Å². The van der Waals surface area contributed by atoms with Crippen LogP contribution in [0.1, 0.15) is 32.6 Å². The number of primary amides is 1. The molecule has 3 nitrogen and oxygen atoms in total. The average Bonchev–Trinajstić information content (AvgIpc) is 2.84. The third kappa shape index (κ3) is 2.84. The monoisotopic (exact) mass is 182 g/mol. The Morgan fingerprint density at radius 1 is 1.77 bits per heavy atom. The first-order valence-electron chi connectivity index (χ1n) is 4.77. The Kier molecular flexibility index (Phi) is 3.09. The van der Waals surface area contributed by atoms with Crippen LogP contribution in [0.5, 0.6) is 0 Å². The van der Waals surface area contributed by atoms with E-state index in [0.29, 0.717) is 6.04 Å². The molecule has 1 aliphatic rings. The molecule has 0 radical (unpaired) electrons. The number of amides is 1. The van der Waals surface area contributed by atoms with E-state index in [4.69, 9.17) is 5.73 Å². The minimum Gasteiger partial charge on any atom is -0.368 e. The highest BCUT2D eigenvalue weighted by Crippen LogP contribution is 2.24. The Hall–Kier alpha value is -0.830. The smallest absolute Gasteiger partial charge is 0.237 e. The summed E-state index contributed by atoms with van der Waals surface area (Å²) in [7, 11) is 0. The number of carbonyl (C=O) groups excluding carboxylic acids is 1. The molecule has 13 heavy (non-hydrogen) atoms. The molecule has 74 valence electrons. The van der Waals surface area contributed by atoms with Gasteiger partial charge in [0.05, 0.1) is 5.54 Å². The Morgan fingerprint density at radius 3 is 2.77 bits per heavy atom. The molecule has 0 aromatic heterocycles. The van der Waals surface area contributed by atoms with Crippen molar-refractivity contribution in [1.29, 1.82) is 0 Å². The number of allylic oxidation sites excluding steroid dienone is 1. The summed E-state index contributed by atoms with van der Waals surface area (Å²) >= 11 is 0. The van der Waals surface area contributed by atoms with Crippen LogP contribution in [0.4, 0.5) is 0 Å². The Bertz CT molecular complexity index is 211. The lowest BCUT2D eigenvalue weighted by Gasteiger charge is -2.27. The highest BCUT2D eigenvalue weighted by Gasteiger charge is 2.36. The lowest BCUT2D eigenvalue weighted by Crippen LogP contribution is -2.53. The zero-order chi connectivity index (χ0) is 9.90. The van der Waals surface area contributed by atoms with Gasteiger partial charge in [0.25, 0.3) is 0 Å². The highest BCUT2D eigenvalue weighted by atomic mass is 16.1. The van der Waals surface area contributed by atoms with E-state index in [9.17, 15) is 4.79 Å². The van der Waals surface area contributed by atoms with E-state index in [1.807, 2.05) is 13.0 Å². The van der Waals surface area contributed by atoms with Crippen molar-refractivity contribution >= 4 is 5.91 Å². The van der Waals surface area contributed by atoms with Gasteiger partial charge >= 0.3 is 0 Å². The van der Waals surface area contributed by atoms with Crippen LogP contribution in [-0.2, 0) is 4.79 Å². The summed E-state index contributed by atoms with van der Waals surface area (Å²) in [6.45, 7) is 5.51. The molecule has 0 heterocycles. The lowest BCUT2D eigenvalue weighted by molar-refractivity contribution is -0.124. The van der Waals surface area contributed by atoms with Crippen molar-refractivity contribution in [3.05, 3.63) is 12.7 Å². The van der Waals surface area contributed by atoms with Crippen LogP contribution < -0.4 is 11.1 Å². The summed E-state index contributed by atoms with van der Waals surface area (Å²) in [5, 5.41) is 3.28. The molecule has 3 N–H and O–H groups in total. The molecule has 1 aliphatic carbocycles. The Labute approximate surface area is 79.4 Å². The maximum Gasteiger partial charge on any atom is 0.237 e. The predicted octanol–water partition coefficient (Wildman–Crippen LogP) is 0.949. The summed E-state index contributed by atoms with van der Waals surface area (Å²) in [5.74, 6) is -0.263. The van der Waals surface area contributed by atoms with Crippen molar-refractivity contribution in [2.24, 2.45) is 5.73 Å². The first-order valence-corrected chi connectivity index (χ1v) is 4.77. The van der Waals surface area contributed by atoms with Crippen LogP contribution in [0.2, 0.25) is 0 Å². The summed E-state index contributed by atoms with van der Waals surface area (Å²) in [4.78, 5) is 11.2. The minimum absolute atomic E-state index is 0.263. The maximum absolute atomic E-state index is 11.2. The first kappa shape index (κ1) is 10.3. The van der Waals surface area contributed by atoms with Gasteiger partial charge in [-0.05, 0) is 32.6 Å². The number of rotatable bonds is 6. The fraction of sp³-hybridized carbons (Fsp3) is 0.700. The third-order valence-electron chi connectivity index (χ3n) is 2.49. The summed E-state index contributed by atoms with van der Waals surface area (Å²) in [6, 6.07) is 0.502. The number of hydrogen-bond acceptors (Lipinski definition) is 2.